The lowest BCUT2D eigenvalue weighted by molar-refractivity contribution is -0.117. The highest BCUT2D eigenvalue weighted by Gasteiger charge is 2.56. The number of aromatic nitrogens is 1. The third-order valence-corrected chi connectivity index (χ3v) is 9.26. The molecule has 1 aromatic heterocycles. The van der Waals surface area contributed by atoms with Crippen LogP contribution in [0.25, 0.3) is 10.9 Å². The fraction of sp³-hybridized carbons (Fsp3) is 0.320. The minimum atomic E-state index is -3.82. The van der Waals surface area contributed by atoms with Crippen LogP contribution in [0.4, 0.5) is 5.69 Å². The number of sulfonamides is 1. The van der Waals surface area contributed by atoms with Crippen LogP contribution in [0.2, 0.25) is 5.02 Å². The molecule has 0 saturated heterocycles. The zero-order chi connectivity index (χ0) is 25.7. The first-order valence-corrected chi connectivity index (χ1v) is 13.4. The standard InChI is InChI=1S/C25H25ClN4O5S/c1-16(31)28-36(34,35)25(9-10-25)15-29-11-12-30-22-18(3-2-4-21(22)29)13-20(24(30)33)23(32)27-14-17-5-7-19(26)8-6-17/h2-8,13H,9-12,14-15H2,1H3,(H,27,32)(H,28,31). The van der Waals surface area contributed by atoms with Gasteiger partial charge in [0.2, 0.25) is 15.9 Å². The van der Waals surface area contributed by atoms with Crippen LogP contribution in [0.1, 0.15) is 35.7 Å². The van der Waals surface area contributed by atoms with Crippen molar-refractivity contribution in [2.45, 2.75) is 37.6 Å². The van der Waals surface area contributed by atoms with Gasteiger partial charge in [-0.2, -0.15) is 0 Å². The number of carbonyl (C=O) groups is 2. The van der Waals surface area contributed by atoms with Gasteiger partial charge in [-0.1, -0.05) is 35.9 Å². The normalized spacial score (nSPS) is 16.0. The van der Waals surface area contributed by atoms with E-state index in [-0.39, 0.29) is 18.7 Å². The molecule has 1 saturated carbocycles. The lowest BCUT2D eigenvalue weighted by atomic mass is 10.1. The lowest BCUT2D eigenvalue weighted by Crippen LogP contribution is -2.48. The number of pyridine rings is 1. The van der Waals surface area contributed by atoms with Crippen molar-refractivity contribution in [1.82, 2.24) is 14.6 Å². The number of benzene rings is 2. The maximum Gasteiger partial charge on any atom is 0.264 e. The number of amides is 2. The Morgan fingerprint density at radius 1 is 1.08 bits per heavy atom. The Morgan fingerprint density at radius 3 is 2.47 bits per heavy atom. The van der Waals surface area contributed by atoms with Gasteiger partial charge in [0.15, 0.2) is 0 Å². The highest BCUT2D eigenvalue weighted by atomic mass is 35.5. The molecule has 2 aromatic carbocycles. The van der Waals surface area contributed by atoms with E-state index in [2.05, 4.69) is 10.0 Å². The van der Waals surface area contributed by atoms with E-state index in [0.717, 1.165) is 11.3 Å². The number of halogens is 1. The van der Waals surface area contributed by atoms with E-state index in [1.54, 1.807) is 34.9 Å². The van der Waals surface area contributed by atoms with E-state index >= 15 is 0 Å². The molecule has 0 bridgehead atoms. The summed E-state index contributed by atoms with van der Waals surface area (Å²) in [5.74, 6) is -1.08. The van der Waals surface area contributed by atoms with Gasteiger partial charge in [0.05, 0.1) is 11.2 Å². The van der Waals surface area contributed by atoms with Crippen molar-refractivity contribution in [2.24, 2.45) is 0 Å². The predicted molar refractivity (Wildman–Crippen MR) is 138 cm³/mol. The van der Waals surface area contributed by atoms with E-state index in [9.17, 15) is 22.8 Å². The van der Waals surface area contributed by atoms with Gasteiger partial charge in [-0.05, 0) is 42.7 Å². The summed E-state index contributed by atoms with van der Waals surface area (Å²) in [5.41, 5.74) is 1.91. The summed E-state index contributed by atoms with van der Waals surface area (Å²) < 4.78 is 28.2. The molecule has 2 amide bonds. The zero-order valence-corrected chi connectivity index (χ0v) is 21.2. The molecule has 0 radical (unpaired) electrons. The summed E-state index contributed by atoms with van der Waals surface area (Å²) in [6.45, 7) is 2.36. The Balaban J connectivity index is 1.44. The molecule has 0 unspecified atom stereocenters. The van der Waals surface area contributed by atoms with Crippen molar-refractivity contribution in [1.29, 1.82) is 0 Å². The Hall–Kier alpha value is -3.37. The van der Waals surface area contributed by atoms with Crippen LogP contribution < -0.4 is 20.5 Å². The highest BCUT2D eigenvalue weighted by molar-refractivity contribution is 7.91. The molecule has 1 aliphatic carbocycles. The molecule has 36 heavy (non-hydrogen) atoms. The second kappa shape index (κ2) is 8.94. The zero-order valence-electron chi connectivity index (χ0n) is 19.6. The summed E-state index contributed by atoms with van der Waals surface area (Å²) in [4.78, 5) is 39.6. The number of carbonyl (C=O) groups excluding carboxylic acids is 2. The number of hydrogen-bond acceptors (Lipinski definition) is 6. The smallest absolute Gasteiger partial charge is 0.264 e. The van der Waals surface area contributed by atoms with E-state index in [0.29, 0.717) is 41.9 Å². The molecule has 11 heteroatoms. The Bertz CT molecular complexity index is 1550. The maximum atomic E-state index is 13.3. The molecule has 9 nitrogen and oxygen atoms in total. The van der Waals surface area contributed by atoms with Crippen LogP contribution in [0.5, 0.6) is 0 Å². The van der Waals surface area contributed by atoms with Crippen molar-refractivity contribution in [2.75, 3.05) is 18.0 Å². The minimum absolute atomic E-state index is 0.0500. The van der Waals surface area contributed by atoms with Gasteiger partial charge >= 0.3 is 0 Å². The quantitative estimate of drug-likeness (QED) is 0.486. The van der Waals surface area contributed by atoms with Crippen LogP contribution in [0, 0.1) is 0 Å². The average Bonchev–Trinajstić information content (AvgIpc) is 3.62. The predicted octanol–water partition coefficient (Wildman–Crippen LogP) is 2.40. The molecule has 1 aliphatic heterocycles. The van der Waals surface area contributed by atoms with Gasteiger partial charge < -0.3 is 14.8 Å². The topological polar surface area (TPSA) is 118 Å². The number of anilines is 1. The Kier molecular flexibility index (Phi) is 6.04. The number of rotatable bonds is 7. The van der Waals surface area contributed by atoms with Crippen molar-refractivity contribution in [3.05, 3.63) is 75.0 Å². The van der Waals surface area contributed by atoms with Gasteiger partial charge in [-0.25, -0.2) is 8.42 Å². The van der Waals surface area contributed by atoms with Crippen LogP contribution in [-0.2, 0) is 27.9 Å². The van der Waals surface area contributed by atoms with E-state index < -0.39 is 32.1 Å². The fourth-order valence-corrected chi connectivity index (χ4v) is 6.42. The van der Waals surface area contributed by atoms with Crippen LogP contribution in [0.3, 0.4) is 0 Å². The first-order valence-electron chi connectivity index (χ1n) is 11.6. The van der Waals surface area contributed by atoms with Gasteiger partial charge in [0, 0.05) is 43.5 Å². The number of nitrogens with zero attached hydrogens (tertiary/aromatic N) is 2. The average molecular weight is 529 g/mol. The summed E-state index contributed by atoms with van der Waals surface area (Å²) in [7, 11) is -3.82. The molecule has 3 aromatic rings. The van der Waals surface area contributed by atoms with Gasteiger partial charge in [-0.15, -0.1) is 0 Å². The van der Waals surface area contributed by atoms with E-state index in [1.807, 2.05) is 23.1 Å². The summed E-state index contributed by atoms with van der Waals surface area (Å²) in [6.07, 6.45) is 0.920. The van der Waals surface area contributed by atoms with Gasteiger partial charge in [0.25, 0.3) is 11.5 Å². The third kappa shape index (κ3) is 4.35. The number of hydrogen-bond donors (Lipinski definition) is 2. The molecule has 1 fully saturated rings. The van der Waals surface area contributed by atoms with E-state index in [4.69, 9.17) is 11.6 Å². The van der Waals surface area contributed by atoms with Crippen molar-refractivity contribution in [3.63, 3.8) is 0 Å². The molecular formula is C25H25ClN4O5S. The van der Waals surface area contributed by atoms with E-state index in [1.165, 1.54) is 6.92 Å². The molecule has 2 aliphatic rings. The number of nitrogens with one attached hydrogen (secondary N) is 2. The summed E-state index contributed by atoms with van der Waals surface area (Å²) in [6, 6.07) is 14.2. The molecule has 2 heterocycles. The lowest BCUT2D eigenvalue weighted by Gasteiger charge is -2.34. The van der Waals surface area contributed by atoms with Crippen molar-refractivity contribution >= 4 is 50.0 Å². The molecule has 0 spiro atoms. The van der Waals surface area contributed by atoms with Crippen LogP contribution >= 0.6 is 11.6 Å². The number of para-hydroxylation sites is 1. The highest BCUT2D eigenvalue weighted by Crippen LogP contribution is 2.45. The Morgan fingerprint density at radius 2 is 1.81 bits per heavy atom. The molecular weight excluding hydrogens is 504 g/mol. The molecule has 2 N–H and O–H groups in total. The van der Waals surface area contributed by atoms with Gasteiger partial charge in [-0.3, -0.25) is 19.1 Å². The SMILES string of the molecule is CC(=O)NS(=O)(=O)C1(CN2CCn3c(=O)c(C(=O)NCc4ccc(Cl)cc4)cc4cccc2c43)CC1. The van der Waals surface area contributed by atoms with Crippen molar-refractivity contribution < 1.29 is 18.0 Å². The first-order chi connectivity index (χ1) is 17.1. The monoisotopic (exact) mass is 528 g/mol. The molecule has 5 rings (SSSR count). The molecule has 188 valence electrons. The fourth-order valence-electron chi connectivity index (χ4n) is 4.74. The summed E-state index contributed by atoms with van der Waals surface area (Å²) >= 11 is 5.91. The van der Waals surface area contributed by atoms with Gasteiger partial charge in [0.1, 0.15) is 10.3 Å². The second-order valence-corrected chi connectivity index (χ2v) is 11.8. The third-order valence-electron chi connectivity index (χ3n) is 6.77. The minimum Gasteiger partial charge on any atom is -0.366 e. The van der Waals surface area contributed by atoms with Crippen LogP contribution in [0.15, 0.2) is 53.3 Å². The largest absolute Gasteiger partial charge is 0.366 e. The maximum absolute atomic E-state index is 13.3. The first kappa shape index (κ1) is 24.3. The summed E-state index contributed by atoms with van der Waals surface area (Å²) in [5, 5.41) is 4.11. The van der Waals surface area contributed by atoms with Crippen LogP contribution in [-0.4, -0.2) is 42.6 Å². The molecule has 0 atom stereocenters. The second-order valence-electron chi connectivity index (χ2n) is 9.31. The Labute approximate surface area is 213 Å². The van der Waals surface area contributed by atoms with Crippen molar-refractivity contribution in [3.8, 4) is 0 Å².